The molecule has 0 fully saturated rings. The van der Waals surface area contributed by atoms with E-state index in [4.69, 9.17) is 5.73 Å². The quantitative estimate of drug-likeness (QED) is 0.552. The molecule has 0 aliphatic rings. The molecule has 0 aliphatic carbocycles. The van der Waals surface area contributed by atoms with Gasteiger partial charge in [0.05, 0.1) is 12.7 Å². The zero-order valence-electron chi connectivity index (χ0n) is 11.1. The third-order valence-electron chi connectivity index (χ3n) is 2.34. The molecule has 1 aromatic rings. The molecule has 8 nitrogen and oxygen atoms in total. The molecule has 0 saturated carbocycles. The molecule has 0 radical (unpaired) electrons. The van der Waals surface area contributed by atoms with Crippen LogP contribution in [0, 0.1) is 0 Å². The summed E-state index contributed by atoms with van der Waals surface area (Å²) in [5, 5.41) is 12.8. The van der Waals surface area contributed by atoms with Gasteiger partial charge in [-0.25, -0.2) is 0 Å². The van der Waals surface area contributed by atoms with Crippen molar-refractivity contribution in [1.82, 2.24) is 25.6 Å². The van der Waals surface area contributed by atoms with Gasteiger partial charge in [-0.2, -0.15) is 0 Å². The summed E-state index contributed by atoms with van der Waals surface area (Å²) in [6.45, 7) is 3.85. The van der Waals surface area contributed by atoms with E-state index in [1.165, 1.54) is 10.9 Å². The average molecular weight is 268 g/mol. The van der Waals surface area contributed by atoms with Crippen molar-refractivity contribution in [3.63, 3.8) is 0 Å². The molecule has 0 aromatic carbocycles. The highest BCUT2D eigenvalue weighted by Crippen LogP contribution is 1.92. The molecule has 2 amide bonds. The van der Waals surface area contributed by atoms with Crippen molar-refractivity contribution in [2.24, 2.45) is 5.73 Å². The minimum atomic E-state index is -0.341. The standard InChI is InChI=1S/C11H20N6O2/c1-2-5-13-10(18)3-6-14-11(19)9-8-17(7-4-12)16-15-9/h8H,2-7,12H2,1H3,(H,13,18)(H,14,19). The molecule has 19 heavy (non-hydrogen) atoms. The van der Waals surface area contributed by atoms with E-state index >= 15 is 0 Å². The summed E-state index contributed by atoms with van der Waals surface area (Å²) in [5.74, 6) is -0.416. The van der Waals surface area contributed by atoms with Crippen molar-refractivity contribution < 1.29 is 9.59 Å². The fraction of sp³-hybridized carbons (Fsp3) is 0.636. The fourth-order valence-corrected chi connectivity index (χ4v) is 1.38. The molecule has 0 saturated heterocycles. The van der Waals surface area contributed by atoms with Crippen LogP contribution in [0.4, 0.5) is 0 Å². The summed E-state index contributed by atoms with van der Waals surface area (Å²) < 4.78 is 1.50. The Balaban J connectivity index is 2.28. The van der Waals surface area contributed by atoms with Crippen molar-refractivity contribution in [1.29, 1.82) is 0 Å². The SMILES string of the molecule is CCCNC(=O)CCNC(=O)c1cn(CCN)nn1. The van der Waals surface area contributed by atoms with E-state index in [2.05, 4.69) is 20.9 Å². The Morgan fingerprint density at radius 3 is 2.84 bits per heavy atom. The number of nitrogens with one attached hydrogen (secondary N) is 2. The van der Waals surface area contributed by atoms with Crippen LogP contribution < -0.4 is 16.4 Å². The average Bonchev–Trinajstić information content (AvgIpc) is 2.85. The highest BCUT2D eigenvalue weighted by molar-refractivity contribution is 5.92. The zero-order chi connectivity index (χ0) is 14.1. The van der Waals surface area contributed by atoms with E-state index in [-0.39, 0.29) is 30.5 Å². The maximum Gasteiger partial charge on any atom is 0.273 e. The Morgan fingerprint density at radius 1 is 1.37 bits per heavy atom. The lowest BCUT2D eigenvalue weighted by molar-refractivity contribution is -0.120. The van der Waals surface area contributed by atoms with Crippen LogP contribution >= 0.6 is 0 Å². The van der Waals surface area contributed by atoms with E-state index in [0.717, 1.165) is 6.42 Å². The largest absolute Gasteiger partial charge is 0.356 e. The number of carbonyl (C=O) groups is 2. The Hall–Kier alpha value is -1.96. The minimum Gasteiger partial charge on any atom is -0.356 e. The number of amides is 2. The van der Waals surface area contributed by atoms with Crippen LogP contribution in [0.1, 0.15) is 30.3 Å². The van der Waals surface area contributed by atoms with Gasteiger partial charge in [-0.15, -0.1) is 5.10 Å². The maximum absolute atomic E-state index is 11.7. The molecular weight excluding hydrogens is 248 g/mol. The van der Waals surface area contributed by atoms with Gasteiger partial charge in [0, 0.05) is 26.1 Å². The summed E-state index contributed by atoms with van der Waals surface area (Å²) in [5.41, 5.74) is 5.59. The van der Waals surface area contributed by atoms with Gasteiger partial charge in [-0.3, -0.25) is 14.3 Å². The number of hydrogen-bond donors (Lipinski definition) is 3. The first-order valence-corrected chi connectivity index (χ1v) is 6.32. The lowest BCUT2D eigenvalue weighted by Crippen LogP contribution is -2.31. The summed E-state index contributed by atoms with van der Waals surface area (Å²) >= 11 is 0. The van der Waals surface area contributed by atoms with Crippen molar-refractivity contribution in [2.45, 2.75) is 26.3 Å². The first-order chi connectivity index (χ1) is 9.17. The van der Waals surface area contributed by atoms with E-state index in [1.54, 1.807) is 0 Å². The summed E-state index contributed by atoms with van der Waals surface area (Å²) in [4.78, 5) is 23.0. The van der Waals surface area contributed by atoms with Gasteiger partial charge >= 0.3 is 0 Å². The molecule has 0 atom stereocenters. The van der Waals surface area contributed by atoms with Gasteiger partial charge in [-0.05, 0) is 6.42 Å². The molecule has 0 bridgehead atoms. The highest BCUT2D eigenvalue weighted by Gasteiger charge is 2.10. The zero-order valence-corrected chi connectivity index (χ0v) is 11.1. The first-order valence-electron chi connectivity index (χ1n) is 6.32. The second-order valence-corrected chi connectivity index (χ2v) is 4.01. The highest BCUT2D eigenvalue weighted by atomic mass is 16.2. The smallest absolute Gasteiger partial charge is 0.273 e. The van der Waals surface area contributed by atoms with Gasteiger partial charge in [0.1, 0.15) is 0 Å². The van der Waals surface area contributed by atoms with E-state index in [0.29, 0.717) is 19.6 Å². The van der Waals surface area contributed by atoms with Crippen molar-refractivity contribution in [3.05, 3.63) is 11.9 Å². The molecule has 1 aromatic heterocycles. The second kappa shape index (κ2) is 8.20. The Labute approximate surface area is 111 Å². The van der Waals surface area contributed by atoms with Crippen LogP contribution in [0.25, 0.3) is 0 Å². The number of rotatable bonds is 8. The van der Waals surface area contributed by atoms with Crippen LogP contribution in [0.5, 0.6) is 0 Å². The Kier molecular flexibility index (Phi) is 6.51. The van der Waals surface area contributed by atoms with E-state index in [1.807, 2.05) is 6.92 Å². The predicted octanol–water partition coefficient (Wildman–Crippen LogP) is -1.12. The van der Waals surface area contributed by atoms with Gasteiger partial charge in [0.25, 0.3) is 5.91 Å². The number of hydrogen-bond acceptors (Lipinski definition) is 5. The molecule has 8 heteroatoms. The van der Waals surface area contributed by atoms with Crippen LogP contribution in [0.3, 0.4) is 0 Å². The number of nitrogens with two attached hydrogens (primary N) is 1. The lowest BCUT2D eigenvalue weighted by Gasteiger charge is -2.04. The van der Waals surface area contributed by atoms with Crippen molar-refractivity contribution >= 4 is 11.8 Å². The van der Waals surface area contributed by atoms with Gasteiger partial charge < -0.3 is 16.4 Å². The van der Waals surface area contributed by atoms with E-state index in [9.17, 15) is 9.59 Å². The summed E-state index contributed by atoms with van der Waals surface area (Å²) in [6.07, 6.45) is 2.67. The number of nitrogens with zero attached hydrogens (tertiary/aromatic N) is 3. The third kappa shape index (κ3) is 5.47. The molecule has 0 spiro atoms. The van der Waals surface area contributed by atoms with Gasteiger partial charge in [-0.1, -0.05) is 12.1 Å². The number of carbonyl (C=O) groups excluding carboxylic acids is 2. The maximum atomic E-state index is 11.7. The lowest BCUT2D eigenvalue weighted by atomic mass is 10.3. The number of aromatic nitrogens is 3. The monoisotopic (exact) mass is 268 g/mol. The Bertz CT molecular complexity index is 417. The van der Waals surface area contributed by atoms with Crippen LogP contribution in [-0.4, -0.2) is 46.4 Å². The topological polar surface area (TPSA) is 115 Å². The molecule has 1 rings (SSSR count). The van der Waals surface area contributed by atoms with Crippen LogP contribution in [0.15, 0.2) is 6.20 Å². The van der Waals surface area contributed by atoms with Crippen molar-refractivity contribution in [2.75, 3.05) is 19.6 Å². The van der Waals surface area contributed by atoms with Gasteiger partial charge in [0.15, 0.2) is 5.69 Å². The molecule has 0 unspecified atom stereocenters. The minimum absolute atomic E-state index is 0.0751. The summed E-state index contributed by atoms with van der Waals surface area (Å²) in [6, 6.07) is 0. The Morgan fingerprint density at radius 2 is 2.16 bits per heavy atom. The molecule has 4 N–H and O–H groups in total. The normalized spacial score (nSPS) is 10.2. The molecule has 106 valence electrons. The van der Waals surface area contributed by atoms with E-state index < -0.39 is 0 Å². The molecule has 1 heterocycles. The third-order valence-corrected chi connectivity index (χ3v) is 2.34. The molecule has 0 aliphatic heterocycles. The first kappa shape index (κ1) is 15.1. The van der Waals surface area contributed by atoms with Gasteiger partial charge in [0.2, 0.25) is 5.91 Å². The van der Waals surface area contributed by atoms with Crippen molar-refractivity contribution in [3.8, 4) is 0 Å². The fourth-order valence-electron chi connectivity index (χ4n) is 1.38. The van der Waals surface area contributed by atoms with Crippen LogP contribution in [-0.2, 0) is 11.3 Å². The second-order valence-electron chi connectivity index (χ2n) is 4.01. The van der Waals surface area contributed by atoms with Crippen LogP contribution in [0.2, 0.25) is 0 Å². The summed E-state index contributed by atoms with van der Waals surface area (Å²) in [7, 11) is 0. The predicted molar refractivity (Wildman–Crippen MR) is 69.3 cm³/mol. The molecular formula is C11H20N6O2.